The van der Waals surface area contributed by atoms with Crippen LogP contribution >= 0.6 is 0 Å². The van der Waals surface area contributed by atoms with Gasteiger partial charge < -0.3 is 10.1 Å². The molecule has 25 heavy (non-hydrogen) atoms. The first-order valence-corrected chi connectivity index (χ1v) is 8.04. The number of fused-ring (bicyclic) bond motifs is 1. The molecule has 0 spiro atoms. The van der Waals surface area contributed by atoms with Gasteiger partial charge in [-0.25, -0.2) is 0 Å². The third-order valence-electron chi connectivity index (χ3n) is 4.00. The van der Waals surface area contributed by atoms with Crippen molar-refractivity contribution in [2.75, 3.05) is 5.32 Å². The van der Waals surface area contributed by atoms with Crippen LogP contribution in [0, 0.1) is 18.3 Å². The second-order valence-electron chi connectivity index (χ2n) is 5.93. The highest BCUT2D eigenvalue weighted by Crippen LogP contribution is 2.30. The summed E-state index contributed by atoms with van der Waals surface area (Å²) < 4.78 is 5.85. The Bertz CT molecular complexity index is 902. The Morgan fingerprint density at radius 3 is 2.64 bits per heavy atom. The highest BCUT2D eigenvalue weighted by atomic mass is 16.5. The van der Waals surface area contributed by atoms with E-state index in [-0.39, 0.29) is 11.7 Å². The zero-order valence-corrected chi connectivity index (χ0v) is 14.1. The fourth-order valence-electron chi connectivity index (χ4n) is 2.57. The first-order chi connectivity index (χ1) is 12.1. The van der Waals surface area contributed by atoms with Crippen LogP contribution in [0.25, 0.3) is 6.08 Å². The van der Waals surface area contributed by atoms with Crippen LogP contribution in [0.15, 0.2) is 65.8 Å². The van der Waals surface area contributed by atoms with Crippen LogP contribution < -0.4 is 10.1 Å². The van der Waals surface area contributed by atoms with E-state index in [1.807, 2.05) is 74.5 Å². The van der Waals surface area contributed by atoms with Crippen LogP contribution in [0.4, 0.5) is 5.69 Å². The molecule has 0 saturated heterocycles. The van der Waals surface area contributed by atoms with Crippen molar-refractivity contribution in [2.24, 2.45) is 0 Å². The lowest BCUT2D eigenvalue weighted by Gasteiger charge is -2.23. The average molecular weight is 330 g/mol. The fraction of sp³-hybridized carbons (Fsp3) is 0.143. The van der Waals surface area contributed by atoms with Gasteiger partial charge in [0.05, 0.1) is 0 Å². The molecule has 0 aromatic heterocycles. The molecule has 3 rings (SSSR count). The molecule has 0 saturated carbocycles. The summed E-state index contributed by atoms with van der Waals surface area (Å²) in [4.78, 5) is 12.4. The number of anilines is 1. The number of nitrogens with one attached hydrogen (secondary N) is 1. The fourth-order valence-corrected chi connectivity index (χ4v) is 2.57. The monoisotopic (exact) mass is 330 g/mol. The van der Waals surface area contributed by atoms with E-state index in [4.69, 9.17) is 4.74 Å². The minimum absolute atomic E-state index is 0.0432. The van der Waals surface area contributed by atoms with Crippen molar-refractivity contribution in [3.8, 4) is 11.8 Å². The molecule has 0 fully saturated rings. The average Bonchev–Trinajstić information content (AvgIpc) is 2.61. The van der Waals surface area contributed by atoms with Crippen molar-refractivity contribution in [1.29, 1.82) is 5.26 Å². The van der Waals surface area contributed by atoms with Crippen molar-refractivity contribution in [1.82, 2.24) is 0 Å². The van der Waals surface area contributed by atoms with Crippen molar-refractivity contribution < 1.29 is 9.53 Å². The number of ether oxygens (including phenoxy) is 1. The first-order valence-electron chi connectivity index (χ1n) is 8.04. The van der Waals surface area contributed by atoms with Crippen LogP contribution in [0.2, 0.25) is 0 Å². The summed E-state index contributed by atoms with van der Waals surface area (Å²) in [5.41, 5.74) is 3.52. The summed E-state index contributed by atoms with van der Waals surface area (Å²) in [5, 5.41) is 12.1. The number of nitrogens with zero attached hydrogens (tertiary/aromatic N) is 1. The normalized spacial score (nSPS) is 16.1. The second-order valence-corrected chi connectivity index (χ2v) is 5.93. The molecular formula is C21H18N2O2. The van der Waals surface area contributed by atoms with Gasteiger partial charge in [0.15, 0.2) is 0 Å². The second kappa shape index (κ2) is 7.06. The van der Waals surface area contributed by atoms with Crippen molar-refractivity contribution >= 4 is 17.7 Å². The molecule has 2 aromatic rings. The Hall–Kier alpha value is -3.32. The molecule has 1 aliphatic rings. The highest BCUT2D eigenvalue weighted by molar-refractivity contribution is 6.07. The number of aryl methyl sites for hydroxylation is 1. The smallest absolute Gasteiger partial charge is 0.266 e. The van der Waals surface area contributed by atoms with Gasteiger partial charge in [-0.15, -0.1) is 0 Å². The Labute approximate surface area is 147 Å². The molecule has 0 radical (unpaired) electrons. The lowest BCUT2D eigenvalue weighted by molar-refractivity contribution is -0.112. The summed E-state index contributed by atoms with van der Waals surface area (Å²) >= 11 is 0. The zero-order chi connectivity index (χ0) is 17.8. The number of benzene rings is 2. The number of para-hydroxylation sites is 1. The Balaban J connectivity index is 1.85. The van der Waals surface area contributed by atoms with Gasteiger partial charge in [0.2, 0.25) is 0 Å². The van der Waals surface area contributed by atoms with Crippen molar-refractivity contribution in [3.63, 3.8) is 0 Å². The van der Waals surface area contributed by atoms with Crippen LogP contribution in [-0.2, 0) is 4.79 Å². The summed E-state index contributed by atoms with van der Waals surface area (Å²) in [6.45, 7) is 3.87. The predicted octanol–water partition coefficient (Wildman–Crippen LogP) is 4.25. The molecule has 1 amide bonds. The molecule has 1 aliphatic heterocycles. The maximum atomic E-state index is 12.4. The van der Waals surface area contributed by atoms with E-state index in [2.05, 4.69) is 5.32 Å². The highest BCUT2D eigenvalue weighted by Gasteiger charge is 2.19. The lowest BCUT2D eigenvalue weighted by Crippen LogP contribution is -2.20. The predicted molar refractivity (Wildman–Crippen MR) is 98.0 cm³/mol. The number of hydrogen-bond donors (Lipinski definition) is 1. The minimum atomic E-state index is -0.432. The van der Waals surface area contributed by atoms with E-state index >= 15 is 0 Å². The molecule has 4 nitrogen and oxygen atoms in total. The molecule has 124 valence electrons. The van der Waals surface area contributed by atoms with Crippen molar-refractivity contribution in [3.05, 3.63) is 76.9 Å². The summed E-state index contributed by atoms with van der Waals surface area (Å²) in [6, 6.07) is 17.1. The lowest BCUT2D eigenvalue weighted by atomic mass is 10.0. The van der Waals surface area contributed by atoms with Crippen LogP contribution in [0.1, 0.15) is 18.1 Å². The largest absolute Gasteiger partial charge is 0.485 e. The van der Waals surface area contributed by atoms with E-state index in [1.165, 1.54) is 0 Å². The van der Waals surface area contributed by atoms with Gasteiger partial charge in [0.1, 0.15) is 23.5 Å². The van der Waals surface area contributed by atoms with Crippen LogP contribution in [0.5, 0.6) is 5.75 Å². The summed E-state index contributed by atoms with van der Waals surface area (Å²) in [6.07, 6.45) is 3.30. The van der Waals surface area contributed by atoms with Crippen molar-refractivity contribution in [2.45, 2.75) is 20.0 Å². The van der Waals surface area contributed by atoms with E-state index in [9.17, 15) is 10.1 Å². The third kappa shape index (κ3) is 3.78. The van der Waals surface area contributed by atoms with E-state index in [0.29, 0.717) is 5.69 Å². The standard InChI is InChI=1S/C21H18N2O2/c1-14-7-9-19(10-8-14)23-21(24)18(13-22)12-17-11-16-5-3-4-6-20(16)25-15(17)2/h3-12,15H,1-2H3,(H,23,24)/b18-12+/t15-/m1/s1. The van der Waals surface area contributed by atoms with E-state index < -0.39 is 5.91 Å². The molecule has 0 aliphatic carbocycles. The van der Waals surface area contributed by atoms with E-state index in [0.717, 1.165) is 22.4 Å². The number of rotatable bonds is 3. The van der Waals surface area contributed by atoms with Gasteiger partial charge in [-0.2, -0.15) is 5.26 Å². The molecule has 0 unspecified atom stereocenters. The number of carbonyl (C=O) groups excluding carboxylic acids is 1. The Morgan fingerprint density at radius 2 is 1.92 bits per heavy atom. The number of carbonyl (C=O) groups is 1. The van der Waals surface area contributed by atoms with Gasteiger partial charge in [-0.1, -0.05) is 35.9 Å². The number of amides is 1. The van der Waals surface area contributed by atoms with Gasteiger partial charge in [-0.3, -0.25) is 4.79 Å². The molecule has 2 aromatic carbocycles. The van der Waals surface area contributed by atoms with Crippen LogP contribution in [0.3, 0.4) is 0 Å². The molecule has 1 N–H and O–H groups in total. The van der Waals surface area contributed by atoms with Gasteiger partial charge in [-0.05, 0) is 49.8 Å². The maximum absolute atomic E-state index is 12.4. The number of hydrogen-bond acceptors (Lipinski definition) is 3. The first kappa shape index (κ1) is 16.5. The molecule has 0 bridgehead atoms. The summed E-state index contributed by atoms with van der Waals surface area (Å²) in [5.74, 6) is 0.369. The molecule has 4 heteroatoms. The molecular weight excluding hydrogens is 312 g/mol. The quantitative estimate of drug-likeness (QED) is 0.676. The third-order valence-corrected chi connectivity index (χ3v) is 4.00. The van der Waals surface area contributed by atoms with Gasteiger partial charge >= 0.3 is 0 Å². The number of nitriles is 1. The maximum Gasteiger partial charge on any atom is 0.266 e. The molecule has 1 atom stereocenters. The molecule has 1 heterocycles. The Kier molecular flexibility index (Phi) is 4.67. The van der Waals surface area contributed by atoms with E-state index in [1.54, 1.807) is 6.08 Å². The Morgan fingerprint density at radius 1 is 1.20 bits per heavy atom. The zero-order valence-electron chi connectivity index (χ0n) is 14.1. The minimum Gasteiger partial charge on any atom is -0.485 e. The van der Waals surface area contributed by atoms with Gasteiger partial charge in [0, 0.05) is 11.3 Å². The van der Waals surface area contributed by atoms with Gasteiger partial charge in [0.25, 0.3) is 5.91 Å². The SMILES string of the molecule is Cc1ccc(NC(=O)/C(C#N)=C/C2=Cc3ccccc3O[C@@H]2C)cc1. The van der Waals surface area contributed by atoms with Crippen LogP contribution in [-0.4, -0.2) is 12.0 Å². The summed E-state index contributed by atoms with van der Waals surface area (Å²) in [7, 11) is 0. The topological polar surface area (TPSA) is 62.1 Å².